The number of hydrogen-bond donors (Lipinski definition) is 1. The van der Waals surface area contributed by atoms with E-state index in [1.54, 1.807) is 50.4 Å². The molecule has 0 fully saturated rings. The van der Waals surface area contributed by atoms with Crippen molar-refractivity contribution in [3.05, 3.63) is 105 Å². The summed E-state index contributed by atoms with van der Waals surface area (Å²) in [5, 5.41) is 2.11. The molecule has 0 unspecified atom stereocenters. The number of carbonyl (C=O) groups excluding carboxylic acids is 1. The van der Waals surface area contributed by atoms with Crippen LogP contribution in [0.5, 0.6) is 0 Å². The Labute approximate surface area is 226 Å². The minimum absolute atomic E-state index is 0.112. The fraction of sp³-hybridized carbons (Fsp3) is 0.154. The van der Waals surface area contributed by atoms with Gasteiger partial charge in [0.25, 0.3) is 15.6 Å². The fourth-order valence-corrected chi connectivity index (χ4v) is 5.64. The van der Waals surface area contributed by atoms with Crippen LogP contribution < -0.4 is 15.2 Å². The molecule has 3 aromatic carbocycles. The maximum atomic E-state index is 13.5. The summed E-state index contributed by atoms with van der Waals surface area (Å²) >= 11 is 6.16. The number of anilines is 2. The van der Waals surface area contributed by atoms with Gasteiger partial charge < -0.3 is 5.32 Å². The van der Waals surface area contributed by atoms with Crippen molar-refractivity contribution >= 4 is 38.9 Å². The molecule has 1 N–H and O–H groups in total. The van der Waals surface area contributed by atoms with Gasteiger partial charge in [-0.2, -0.15) is 13.2 Å². The maximum Gasteiger partial charge on any atom is 0.416 e. The highest BCUT2D eigenvalue weighted by Gasteiger charge is 2.35. The van der Waals surface area contributed by atoms with E-state index in [4.69, 9.17) is 11.6 Å². The summed E-state index contributed by atoms with van der Waals surface area (Å²) in [6.45, 7) is 0.621. The lowest BCUT2D eigenvalue weighted by atomic mass is 10.2. The standard InChI is InChI=1S/C26H22ClF3N4O4S/c1-17-24(25(36)34(32(17)2)19-9-5-3-6-10-19)31-23(35)16-33(39(37,38)20-11-7-4-8-12-20)22-15-18(26(28,29)30)13-14-21(22)27/h3-15H,16H2,1-2H3,(H,31,35). The molecule has 0 radical (unpaired) electrons. The van der Waals surface area contributed by atoms with Crippen molar-refractivity contribution in [3.8, 4) is 5.69 Å². The monoisotopic (exact) mass is 578 g/mol. The molecular formula is C26H22ClF3N4O4S. The Balaban J connectivity index is 1.76. The summed E-state index contributed by atoms with van der Waals surface area (Å²) in [6, 6.07) is 17.7. The van der Waals surface area contributed by atoms with Gasteiger partial charge in [0.05, 0.1) is 32.6 Å². The van der Waals surface area contributed by atoms with E-state index in [2.05, 4.69) is 5.32 Å². The summed E-state index contributed by atoms with van der Waals surface area (Å²) in [5.74, 6) is -0.964. The van der Waals surface area contributed by atoms with Gasteiger partial charge in [0.2, 0.25) is 5.91 Å². The van der Waals surface area contributed by atoms with Crippen molar-refractivity contribution in [3.63, 3.8) is 0 Å². The van der Waals surface area contributed by atoms with Crippen LogP contribution >= 0.6 is 11.6 Å². The molecule has 13 heteroatoms. The Morgan fingerprint density at radius 1 is 1.00 bits per heavy atom. The molecule has 4 rings (SSSR count). The number of nitrogens with one attached hydrogen (secondary N) is 1. The van der Waals surface area contributed by atoms with Crippen molar-refractivity contribution in [2.24, 2.45) is 7.05 Å². The second kappa shape index (κ2) is 10.6. The molecule has 0 saturated heterocycles. The zero-order valence-corrected chi connectivity index (χ0v) is 22.2. The first-order chi connectivity index (χ1) is 18.3. The second-order valence-corrected chi connectivity index (χ2v) is 10.7. The third-order valence-electron chi connectivity index (χ3n) is 5.98. The van der Waals surface area contributed by atoms with E-state index < -0.39 is 45.5 Å². The van der Waals surface area contributed by atoms with Crippen LogP contribution in [0.15, 0.2) is 88.6 Å². The van der Waals surface area contributed by atoms with E-state index in [9.17, 15) is 31.2 Å². The molecule has 0 bridgehead atoms. The van der Waals surface area contributed by atoms with Crippen molar-refractivity contribution in [2.45, 2.75) is 18.0 Å². The first-order valence-electron chi connectivity index (χ1n) is 11.4. The second-order valence-electron chi connectivity index (χ2n) is 8.47. The molecule has 0 saturated carbocycles. The number of sulfonamides is 1. The van der Waals surface area contributed by atoms with Crippen molar-refractivity contribution < 1.29 is 26.4 Å². The van der Waals surface area contributed by atoms with Crippen LogP contribution in [0.4, 0.5) is 24.5 Å². The summed E-state index contributed by atoms with van der Waals surface area (Å²) in [7, 11) is -2.96. The van der Waals surface area contributed by atoms with E-state index in [1.165, 1.54) is 33.6 Å². The molecular weight excluding hydrogens is 557 g/mol. The largest absolute Gasteiger partial charge is 0.416 e. The lowest BCUT2D eigenvalue weighted by Crippen LogP contribution is -2.39. The van der Waals surface area contributed by atoms with Gasteiger partial charge >= 0.3 is 6.18 Å². The molecule has 0 aliphatic rings. The van der Waals surface area contributed by atoms with Gasteiger partial charge in [0.1, 0.15) is 12.2 Å². The number of rotatable bonds is 7. The molecule has 0 spiro atoms. The summed E-state index contributed by atoms with van der Waals surface area (Å²) in [6.07, 6.45) is -4.80. The van der Waals surface area contributed by atoms with Crippen molar-refractivity contribution in [2.75, 3.05) is 16.2 Å². The number of benzene rings is 3. The molecule has 0 atom stereocenters. The van der Waals surface area contributed by atoms with Crippen LogP contribution in [0.2, 0.25) is 5.02 Å². The maximum absolute atomic E-state index is 13.5. The van der Waals surface area contributed by atoms with E-state index in [0.717, 1.165) is 6.07 Å². The third-order valence-corrected chi connectivity index (χ3v) is 8.07. The van der Waals surface area contributed by atoms with Gasteiger partial charge in [-0.15, -0.1) is 0 Å². The number of para-hydroxylation sites is 1. The molecule has 8 nitrogen and oxygen atoms in total. The van der Waals surface area contributed by atoms with Crippen LogP contribution in [0.1, 0.15) is 11.3 Å². The highest BCUT2D eigenvalue weighted by atomic mass is 35.5. The highest BCUT2D eigenvalue weighted by Crippen LogP contribution is 2.37. The Morgan fingerprint density at radius 3 is 2.18 bits per heavy atom. The zero-order valence-electron chi connectivity index (χ0n) is 20.6. The average Bonchev–Trinajstić information content (AvgIpc) is 3.11. The van der Waals surface area contributed by atoms with Gasteiger partial charge in [-0.25, -0.2) is 13.1 Å². The van der Waals surface area contributed by atoms with E-state index in [-0.39, 0.29) is 15.6 Å². The van der Waals surface area contributed by atoms with Crippen LogP contribution in [-0.4, -0.2) is 30.2 Å². The topological polar surface area (TPSA) is 93.4 Å². The van der Waals surface area contributed by atoms with Gasteiger partial charge in [-0.3, -0.25) is 18.6 Å². The lowest BCUT2D eigenvalue weighted by Gasteiger charge is -2.25. The Morgan fingerprint density at radius 2 is 1.59 bits per heavy atom. The quantitative estimate of drug-likeness (QED) is 0.334. The number of hydrogen-bond acceptors (Lipinski definition) is 4. The van der Waals surface area contributed by atoms with E-state index in [0.29, 0.717) is 27.8 Å². The number of aromatic nitrogens is 2. The van der Waals surface area contributed by atoms with Gasteiger partial charge in [0, 0.05) is 7.05 Å². The molecule has 0 aliphatic carbocycles. The zero-order chi connectivity index (χ0) is 28.5. The van der Waals surface area contributed by atoms with Crippen LogP contribution in [0.3, 0.4) is 0 Å². The molecule has 0 aliphatic heterocycles. The number of alkyl halides is 3. The third kappa shape index (κ3) is 5.57. The van der Waals surface area contributed by atoms with E-state index in [1.807, 2.05) is 0 Å². The minimum Gasteiger partial charge on any atom is -0.318 e. The van der Waals surface area contributed by atoms with Crippen molar-refractivity contribution in [1.29, 1.82) is 0 Å². The molecule has 204 valence electrons. The number of amides is 1. The van der Waals surface area contributed by atoms with Crippen molar-refractivity contribution in [1.82, 2.24) is 9.36 Å². The highest BCUT2D eigenvalue weighted by molar-refractivity contribution is 7.92. The molecule has 1 heterocycles. The summed E-state index contributed by atoms with van der Waals surface area (Å²) < 4.78 is 70.8. The van der Waals surface area contributed by atoms with Crippen LogP contribution in [0, 0.1) is 6.92 Å². The van der Waals surface area contributed by atoms with Gasteiger partial charge in [-0.05, 0) is 49.4 Å². The smallest absolute Gasteiger partial charge is 0.318 e. The number of halogens is 4. The van der Waals surface area contributed by atoms with E-state index >= 15 is 0 Å². The minimum atomic E-state index is -4.80. The van der Waals surface area contributed by atoms with Crippen LogP contribution in [0.25, 0.3) is 5.69 Å². The first-order valence-corrected chi connectivity index (χ1v) is 13.2. The Bertz CT molecular complexity index is 1690. The number of nitrogens with zero attached hydrogens (tertiary/aromatic N) is 3. The van der Waals surface area contributed by atoms with Crippen LogP contribution in [-0.2, 0) is 28.0 Å². The SMILES string of the molecule is Cc1c(NC(=O)CN(c2cc(C(F)(F)F)ccc2Cl)S(=O)(=O)c2ccccc2)c(=O)n(-c2ccccc2)n1C. The average molecular weight is 579 g/mol. The predicted molar refractivity (Wildman–Crippen MR) is 142 cm³/mol. The molecule has 1 aromatic heterocycles. The predicted octanol–water partition coefficient (Wildman–Crippen LogP) is 4.99. The Kier molecular flexibility index (Phi) is 7.62. The summed E-state index contributed by atoms with van der Waals surface area (Å²) in [4.78, 5) is 26.1. The Hall–Kier alpha value is -4.03. The molecule has 39 heavy (non-hydrogen) atoms. The normalized spacial score (nSPS) is 11.8. The lowest BCUT2D eigenvalue weighted by molar-refractivity contribution is -0.137. The van der Waals surface area contributed by atoms with Gasteiger partial charge in [-0.1, -0.05) is 48.0 Å². The fourth-order valence-electron chi connectivity index (χ4n) is 3.92. The molecule has 4 aromatic rings. The number of carbonyl (C=O) groups is 1. The van der Waals surface area contributed by atoms with Gasteiger partial charge in [0.15, 0.2) is 0 Å². The summed E-state index contributed by atoms with van der Waals surface area (Å²) in [5.41, 5.74) is -1.50. The first kappa shape index (κ1) is 28.0. The molecule has 1 amide bonds.